The maximum absolute atomic E-state index is 13.5. The van der Waals surface area contributed by atoms with E-state index in [1.54, 1.807) is 12.1 Å². The zero-order valence-electron chi connectivity index (χ0n) is 20.0. The topological polar surface area (TPSA) is 82.5 Å². The number of hydrazone groups is 1. The predicted octanol–water partition coefficient (Wildman–Crippen LogP) is 2.18. The molecule has 0 N–H and O–H groups in total. The van der Waals surface area contributed by atoms with Crippen molar-refractivity contribution in [1.29, 1.82) is 0 Å². The van der Waals surface area contributed by atoms with Gasteiger partial charge in [-0.2, -0.15) is 5.10 Å². The highest BCUT2D eigenvalue weighted by atomic mass is 32.2. The number of hydrogen-bond acceptors (Lipinski definition) is 7. The Morgan fingerprint density at radius 2 is 1.74 bits per heavy atom. The highest BCUT2D eigenvalue weighted by Gasteiger charge is 2.36. The molecule has 0 bridgehead atoms. The van der Waals surface area contributed by atoms with E-state index < -0.39 is 9.84 Å². The second-order valence-corrected chi connectivity index (χ2v) is 11.7. The minimum absolute atomic E-state index is 0.0198. The van der Waals surface area contributed by atoms with Gasteiger partial charge in [-0.1, -0.05) is 42.5 Å². The Balaban J connectivity index is 1.27. The lowest BCUT2D eigenvalue weighted by Crippen LogP contribution is -2.52. The van der Waals surface area contributed by atoms with Gasteiger partial charge in [-0.3, -0.25) is 14.6 Å². The molecule has 2 aromatic carbocycles. The molecule has 2 saturated heterocycles. The molecule has 0 radical (unpaired) electrons. The zero-order valence-corrected chi connectivity index (χ0v) is 20.9. The van der Waals surface area contributed by atoms with Crippen LogP contribution in [0.4, 0.5) is 0 Å². The van der Waals surface area contributed by atoms with Crippen LogP contribution in [0.25, 0.3) is 0 Å². The minimum atomic E-state index is -2.89. The van der Waals surface area contributed by atoms with Gasteiger partial charge in [0.15, 0.2) is 9.84 Å². The van der Waals surface area contributed by atoms with Crippen molar-refractivity contribution in [2.45, 2.75) is 24.9 Å². The molecule has 5 rings (SSSR count). The van der Waals surface area contributed by atoms with Crippen molar-refractivity contribution >= 4 is 21.5 Å². The average molecular weight is 497 g/mol. The Kier molecular flexibility index (Phi) is 6.91. The number of ether oxygens (including phenoxy) is 1. The quantitative estimate of drug-likeness (QED) is 0.610. The first-order valence-electron chi connectivity index (χ1n) is 12.2. The molecule has 186 valence electrons. The number of piperazine rings is 1. The van der Waals surface area contributed by atoms with Crippen LogP contribution in [0.2, 0.25) is 0 Å². The summed E-state index contributed by atoms with van der Waals surface area (Å²) in [7, 11) is -1.25. The van der Waals surface area contributed by atoms with E-state index >= 15 is 0 Å². The van der Waals surface area contributed by atoms with Crippen molar-refractivity contribution in [3.05, 3.63) is 65.7 Å². The Hall–Kier alpha value is -2.75. The number of rotatable bonds is 6. The smallest absolute Gasteiger partial charge is 0.257 e. The standard InChI is InChI=1S/C26H32N4O4S/c1-34-23-9-7-21(8-10-23)25-17-24(20-5-3-2-4-6-20)27-30(25)26(31)18-28-12-14-29(15-13-28)22-11-16-35(32,33)19-22/h2-10,22,25H,11-19H2,1H3. The van der Waals surface area contributed by atoms with Crippen LogP contribution < -0.4 is 4.74 Å². The molecule has 9 heteroatoms. The highest BCUT2D eigenvalue weighted by Crippen LogP contribution is 2.33. The highest BCUT2D eigenvalue weighted by molar-refractivity contribution is 7.91. The van der Waals surface area contributed by atoms with Crippen LogP contribution in [0.5, 0.6) is 5.75 Å². The molecule has 2 fully saturated rings. The van der Waals surface area contributed by atoms with Gasteiger partial charge in [-0.05, 0) is 29.7 Å². The molecule has 3 aliphatic heterocycles. The van der Waals surface area contributed by atoms with Crippen molar-refractivity contribution in [2.75, 3.05) is 51.3 Å². The Labute approximate surface area is 207 Å². The van der Waals surface area contributed by atoms with Gasteiger partial charge in [-0.25, -0.2) is 13.4 Å². The van der Waals surface area contributed by atoms with Gasteiger partial charge in [-0.15, -0.1) is 0 Å². The van der Waals surface area contributed by atoms with E-state index in [2.05, 4.69) is 9.80 Å². The first-order chi connectivity index (χ1) is 16.9. The van der Waals surface area contributed by atoms with E-state index in [1.165, 1.54) is 0 Å². The van der Waals surface area contributed by atoms with Gasteiger partial charge in [0.1, 0.15) is 5.75 Å². The second kappa shape index (κ2) is 10.1. The van der Waals surface area contributed by atoms with Gasteiger partial charge in [0.05, 0.1) is 36.9 Å². The molecule has 2 unspecified atom stereocenters. The van der Waals surface area contributed by atoms with E-state index in [0.29, 0.717) is 18.7 Å². The molecule has 8 nitrogen and oxygen atoms in total. The Morgan fingerprint density at radius 3 is 2.37 bits per heavy atom. The van der Waals surface area contributed by atoms with E-state index in [0.717, 1.165) is 55.2 Å². The molecule has 0 aliphatic carbocycles. The first-order valence-corrected chi connectivity index (χ1v) is 14.0. The fraction of sp³-hybridized carbons (Fsp3) is 0.462. The molecular formula is C26H32N4O4S. The van der Waals surface area contributed by atoms with E-state index in [9.17, 15) is 13.2 Å². The maximum Gasteiger partial charge on any atom is 0.257 e. The van der Waals surface area contributed by atoms with Crippen LogP contribution in [0.15, 0.2) is 59.7 Å². The molecule has 0 aromatic heterocycles. The third-order valence-electron chi connectivity index (χ3n) is 7.26. The van der Waals surface area contributed by atoms with Crippen molar-refractivity contribution in [3.8, 4) is 5.75 Å². The number of nitrogens with zero attached hydrogens (tertiary/aromatic N) is 4. The zero-order chi connectivity index (χ0) is 24.4. The van der Waals surface area contributed by atoms with Gasteiger partial charge >= 0.3 is 0 Å². The van der Waals surface area contributed by atoms with Crippen LogP contribution >= 0.6 is 0 Å². The average Bonchev–Trinajstić information content (AvgIpc) is 3.49. The number of benzene rings is 2. The maximum atomic E-state index is 13.5. The second-order valence-electron chi connectivity index (χ2n) is 9.51. The van der Waals surface area contributed by atoms with Gasteiger partial charge in [0.2, 0.25) is 0 Å². The molecule has 35 heavy (non-hydrogen) atoms. The molecular weight excluding hydrogens is 464 g/mol. The van der Waals surface area contributed by atoms with Gasteiger partial charge in [0, 0.05) is 38.6 Å². The first kappa shape index (κ1) is 24.0. The monoisotopic (exact) mass is 496 g/mol. The van der Waals surface area contributed by atoms with E-state index in [-0.39, 0.29) is 23.7 Å². The summed E-state index contributed by atoms with van der Waals surface area (Å²) in [6.07, 6.45) is 1.38. The fourth-order valence-corrected chi connectivity index (χ4v) is 7.01. The lowest BCUT2D eigenvalue weighted by atomic mass is 9.98. The Morgan fingerprint density at radius 1 is 1.03 bits per heavy atom. The summed E-state index contributed by atoms with van der Waals surface area (Å²) in [5.41, 5.74) is 2.97. The molecule has 0 saturated carbocycles. The normalized spacial score (nSPS) is 24.9. The third kappa shape index (κ3) is 5.42. The number of amides is 1. The molecule has 1 amide bonds. The van der Waals surface area contributed by atoms with Crippen LogP contribution in [0, 0.1) is 0 Å². The van der Waals surface area contributed by atoms with Crippen LogP contribution in [-0.2, 0) is 14.6 Å². The summed E-state index contributed by atoms with van der Waals surface area (Å²) in [5.74, 6) is 1.32. The fourth-order valence-electron chi connectivity index (χ4n) is 5.24. The summed E-state index contributed by atoms with van der Waals surface area (Å²) in [6, 6.07) is 17.8. The lowest BCUT2D eigenvalue weighted by molar-refractivity contribution is -0.134. The van der Waals surface area contributed by atoms with Gasteiger partial charge < -0.3 is 4.74 Å². The predicted molar refractivity (Wildman–Crippen MR) is 135 cm³/mol. The van der Waals surface area contributed by atoms with Gasteiger partial charge in [0.25, 0.3) is 5.91 Å². The minimum Gasteiger partial charge on any atom is -0.497 e. The number of hydrogen-bond donors (Lipinski definition) is 0. The molecule has 3 aliphatic rings. The summed E-state index contributed by atoms with van der Waals surface area (Å²) in [4.78, 5) is 17.9. The number of methoxy groups -OCH3 is 1. The molecule has 0 spiro atoms. The van der Waals surface area contributed by atoms with Crippen LogP contribution in [-0.4, -0.2) is 92.2 Å². The summed E-state index contributed by atoms with van der Waals surface area (Å²) in [6.45, 7) is 3.37. The number of carbonyl (C=O) groups excluding carboxylic acids is 1. The van der Waals surface area contributed by atoms with Crippen molar-refractivity contribution in [2.24, 2.45) is 5.10 Å². The molecule has 3 heterocycles. The third-order valence-corrected chi connectivity index (χ3v) is 9.01. The number of sulfone groups is 1. The lowest BCUT2D eigenvalue weighted by Gasteiger charge is -2.37. The summed E-state index contributed by atoms with van der Waals surface area (Å²) in [5, 5.41) is 6.44. The van der Waals surface area contributed by atoms with Crippen molar-refractivity contribution < 1.29 is 17.9 Å². The largest absolute Gasteiger partial charge is 0.497 e. The Bertz CT molecular complexity index is 1180. The van der Waals surface area contributed by atoms with Crippen LogP contribution in [0.3, 0.4) is 0 Å². The number of carbonyl (C=O) groups is 1. The van der Waals surface area contributed by atoms with Crippen molar-refractivity contribution in [1.82, 2.24) is 14.8 Å². The van der Waals surface area contributed by atoms with E-state index in [4.69, 9.17) is 9.84 Å². The molecule has 2 atom stereocenters. The van der Waals surface area contributed by atoms with E-state index in [1.807, 2.05) is 54.6 Å². The molecule has 2 aromatic rings. The van der Waals surface area contributed by atoms with Crippen LogP contribution in [0.1, 0.15) is 30.0 Å². The SMILES string of the molecule is COc1ccc(C2CC(c3ccccc3)=NN2C(=O)CN2CCN(C3CCS(=O)(=O)C3)CC2)cc1. The summed E-state index contributed by atoms with van der Waals surface area (Å²) < 4.78 is 29.0. The van der Waals surface area contributed by atoms with Crippen molar-refractivity contribution in [3.63, 3.8) is 0 Å². The summed E-state index contributed by atoms with van der Waals surface area (Å²) >= 11 is 0.